The zero-order valence-corrected chi connectivity index (χ0v) is 30.1. The first-order valence-electron chi connectivity index (χ1n) is 17.2. The highest BCUT2D eigenvalue weighted by Gasteiger charge is 2.21. The van der Waals surface area contributed by atoms with Crippen LogP contribution in [0.2, 0.25) is 0 Å². The van der Waals surface area contributed by atoms with E-state index in [9.17, 15) is 21.0 Å². The van der Waals surface area contributed by atoms with Crippen LogP contribution in [-0.2, 0) is 0 Å². The third-order valence-corrected chi connectivity index (χ3v) is 9.38. The molecular formula is C44H27N11. The Labute approximate surface area is 315 Å². The Kier molecular flexibility index (Phi) is 8.31. The smallest absolute Gasteiger partial charge is 0.165 e. The van der Waals surface area contributed by atoms with E-state index in [0.29, 0.717) is 68.3 Å². The molecule has 0 bridgehead atoms. The number of aromatic nitrogens is 7. The Morgan fingerprint density at radius 3 is 1.33 bits per heavy atom. The molecule has 0 fully saturated rings. The second kappa shape index (κ2) is 13.5. The third-order valence-electron chi connectivity index (χ3n) is 9.38. The molecule has 11 heteroatoms. The molecule has 0 saturated heterocycles. The number of rotatable bonds is 5. The van der Waals surface area contributed by atoms with Crippen molar-refractivity contribution in [2.24, 2.45) is 0 Å². The van der Waals surface area contributed by atoms with Gasteiger partial charge in [-0.2, -0.15) is 21.0 Å². The maximum Gasteiger partial charge on any atom is 0.165 e. The summed E-state index contributed by atoms with van der Waals surface area (Å²) < 4.78 is 2.16. The van der Waals surface area contributed by atoms with Crippen molar-refractivity contribution < 1.29 is 0 Å². The lowest BCUT2D eigenvalue weighted by atomic mass is 9.95. The van der Waals surface area contributed by atoms with Gasteiger partial charge in [-0.3, -0.25) is 0 Å². The van der Waals surface area contributed by atoms with Crippen LogP contribution in [0.15, 0.2) is 91.0 Å². The molecule has 0 aliphatic heterocycles. The fraction of sp³-hybridized carbons (Fsp3) is 0.0909. The molecule has 8 aromatic rings. The maximum atomic E-state index is 10.1. The van der Waals surface area contributed by atoms with Crippen LogP contribution < -0.4 is 0 Å². The minimum absolute atomic E-state index is 0.390. The van der Waals surface area contributed by atoms with Crippen LogP contribution in [0.3, 0.4) is 0 Å². The molecule has 8 rings (SSSR count). The van der Waals surface area contributed by atoms with Crippen molar-refractivity contribution in [2.75, 3.05) is 0 Å². The first-order chi connectivity index (χ1) is 26.7. The van der Waals surface area contributed by atoms with Crippen LogP contribution in [-0.4, -0.2) is 34.5 Å². The molecule has 258 valence electrons. The van der Waals surface area contributed by atoms with Gasteiger partial charge in [0.2, 0.25) is 0 Å². The van der Waals surface area contributed by atoms with E-state index in [4.69, 9.17) is 9.97 Å². The Bertz CT molecular complexity index is 2920. The molecule has 0 saturated carbocycles. The zero-order chi connectivity index (χ0) is 38.4. The summed E-state index contributed by atoms with van der Waals surface area (Å²) in [5.74, 6) is 3.39. The van der Waals surface area contributed by atoms with E-state index in [0.717, 1.165) is 49.7 Å². The predicted octanol–water partition coefficient (Wildman–Crippen LogP) is 8.54. The van der Waals surface area contributed by atoms with Gasteiger partial charge < -0.3 is 4.57 Å². The molecule has 0 atom stereocenters. The number of nitriles is 4. The van der Waals surface area contributed by atoms with Crippen molar-refractivity contribution in [1.29, 1.82) is 21.0 Å². The summed E-state index contributed by atoms with van der Waals surface area (Å²) in [7, 11) is 0. The lowest BCUT2D eigenvalue weighted by molar-refractivity contribution is 0.924. The number of aryl methyl sites for hydroxylation is 4. The van der Waals surface area contributed by atoms with E-state index in [1.54, 1.807) is 36.4 Å². The quantitative estimate of drug-likeness (QED) is 0.168. The molecule has 5 aromatic carbocycles. The number of hydrogen-bond acceptors (Lipinski definition) is 10. The summed E-state index contributed by atoms with van der Waals surface area (Å²) >= 11 is 0. The largest absolute Gasteiger partial charge is 0.308 e. The lowest BCUT2D eigenvalue weighted by Crippen LogP contribution is -2.04. The van der Waals surface area contributed by atoms with Gasteiger partial charge in [-0.15, -0.1) is 0 Å². The zero-order valence-electron chi connectivity index (χ0n) is 30.1. The topological polar surface area (TPSA) is 177 Å². The van der Waals surface area contributed by atoms with E-state index in [2.05, 4.69) is 48.8 Å². The van der Waals surface area contributed by atoms with E-state index in [-0.39, 0.29) is 0 Å². The Balaban J connectivity index is 1.45. The first-order valence-corrected chi connectivity index (χ1v) is 17.2. The van der Waals surface area contributed by atoms with Crippen LogP contribution in [0.4, 0.5) is 0 Å². The molecule has 0 aliphatic rings. The molecule has 0 N–H and O–H groups in total. The number of nitrogens with zero attached hydrogens (tertiary/aromatic N) is 11. The van der Waals surface area contributed by atoms with Gasteiger partial charge >= 0.3 is 0 Å². The number of fused-ring (bicyclic) bond motifs is 3. The highest BCUT2D eigenvalue weighted by atomic mass is 15.0. The standard InChI is InChI=1S/C44H27N11/c1-24-49-25(2)52-43(51-24)32-9-14-42(39(19-32)44-53-26(3)50-27(4)54-44)55-40-12-7-30(35-10-5-28(20-45)15-33(35)22-47)17-37(40)38-18-31(8-13-41(38)55)36-11-6-29(21-46)16-34(36)23-48/h5-19H,1-4H3. The molecule has 0 aliphatic carbocycles. The summed E-state index contributed by atoms with van der Waals surface area (Å²) in [5, 5.41) is 40.9. The highest BCUT2D eigenvalue weighted by molar-refractivity contribution is 6.12. The van der Waals surface area contributed by atoms with Gasteiger partial charge in [0, 0.05) is 21.9 Å². The number of benzene rings is 5. The summed E-state index contributed by atoms with van der Waals surface area (Å²) in [6.07, 6.45) is 0. The predicted molar refractivity (Wildman–Crippen MR) is 207 cm³/mol. The van der Waals surface area contributed by atoms with Crippen molar-refractivity contribution in [3.8, 4) is 75.0 Å². The Hall–Kier alpha value is -8.12. The molecule has 0 spiro atoms. The van der Waals surface area contributed by atoms with Crippen LogP contribution in [0, 0.1) is 73.0 Å². The van der Waals surface area contributed by atoms with Gasteiger partial charge in [-0.05, 0) is 117 Å². The summed E-state index contributed by atoms with van der Waals surface area (Å²) in [6, 6.07) is 37.0. The minimum atomic E-state index is 0.390. The van der Waals surface area contributed by atoms with Crippen LogP contribution >= 0.6 is 0 Å². The van der Waals surface area contributed by atoms with E-state index in [1.807, 2.05) is 82.3 Å². The second-order valence-corrected chi connectivity index (χ2v) is 13.0. The molecule has 0 unspecified atom stereocenters. The first kappa shape index (κ1) is 34.0. The average Bonchev–Trinajstić information content (AvgIpc) is 3.52. The Morgan fingerprint density at radius 1 is 0.418 bits per heavy atom. The van der Waals surface area contributed by atoms with Crippen LogP contribution in [0.25, 0.3) is 72.5 Å². The normalized spacial score (nSPS) is 10.8. The fourth-order valence-electron chi connectivity index (χ4n) is 7.06. The lowest BCUT2D eigenvalue weighted by Gasteiger charge is -2.15. The van der Waals surface area contributed by atoms with E-state index >= 15 is 0 Å². The minimum Gasteiger partial charge on any atom is -0.308 e. The Morgan fingerprint density at radius 2 is 0.873 bits per heavy atom. The van der Waals surface area contributed by atoms with Crippen molar-refractivity contribution in [2.45, 2.75) is 27.7 Å². The van der Waals surface area contributed by atoms with Crippen molar-refractivity contribution in [1.82, 2.24) is 34.5 Å². The summed E-state index contributed by atoms with van der Waals surface area (Å²) in [4.78, 5) is 27.6. The fourth-order valence-corrected chi connectivity index (χ4v) is 7.06. The third kappa shape index (κ3) is 6.05. The number of hydrogen-bond donors (Lipinski definition) is 0. The van der Waals surface area contributed by atoms with Gasteiger partial charge in [0.05, 0.1) is 63.3 Å². The molecule has 0 amide bonds. The van der Waals surface area contributed by atoms with Crippen molar-refractivity contribution >= 4 is 21.8 Å². The monoisotopic (exact) mass is 709 g/mol. The molecule has 55 heavy (non-hydrogen) atoms. The average molecular weight is 710 g/mol. The van der Waals surface area contributed by atoms with Crippen LogP contribution in [0.1, 0.15) is 45.6 Å². The second-order valence-electron chi connectivity index (χ2n) is 13.0. The maximum absolute atomic E-state index is 10.1. The van der Waals surface area contributed by atoms with Gasteiger partial charge in [-0.1, -0.05) is 24.3 Å². The molecule has 3 aromatic heterocycles. The highest BCUT2D eigenvalue weighted by Crippen LogP contribution is 2.41. The van der Waals surface area contributed by atoms with Gasteiger partial charge in [-0.25, -0.2) is 29.9 Å². The molecular weight excluding hydrogens is 683 g/mol. The van der Waals surface area contributed by atoms with E-state index < -0.39 is 0 Å². The summed E-state index contributed by atoms with van der Waals surface area (Å²) in [5.41, 5.74) is 8.61. The van der Waals surface area contributed by atoms with Gasteiger partial charge in [0.1, 0.15) is 23.3 Å². The van der Waals surface area contributed by atoms with Crippen molar-refractivity contribution in [3.05, 3.63) is 137 Å². The van der Waals surface area contributed by atoms with Crippen LogP contribution in [0.5, 0.6) is 0 Å². The van der Waals surface area contributed by atoms with Gasteiger partial charge in [0.25, 0.3) is 0 Å². The molecule has 11 nitrogen and oxygen atoms in total. The van der Waals surface area contributed by atoms with E-state index in [1.165, 1.54) is 0 Å². The summed E-state index contributed by atoms with van der Waals surface area (Å²) in [6.45, 7) is 7.34. The SMILES string of the molecule is Cc1nc(C)nc(-c2ccc(-n3c4ccc(-c5ccc(C#N)cc5C#N)cc4c4cc(-c5ccc(C#N)cc5C#N)ccc43)c(-c3nc(C)nc(C)n3)c2)n1. The van der Waals surface area contributed by atoms with Gasteiger partial charge in [0.15, 0.2) is 11.6 Å². The van der Waals surface area contributed by atoms with Crippen molar-refractivity contribution in [3.63, 3.8) is 0 Å². The molecule has 3 heterocycles. The molecule has 0 radical (unpaired) electrons.